The van der Waals surface area contributed by atoms with Crippen LogP contribution in [-0.2, 0) is 14.3 Å². The lowest BCUT2D eigenvalue weighted by atomic mass is 9.90. The molecule has 0 aromatic heterocycles. The van der Waals surface area contributed by atoms with Crippen LogP contribution < -0.4 is 21.3 Å². The van der Waals surface area contributed by atoms with Crippen LogP contribution >= 0.6 is 35.1 Å². The normalized spacial score (nSPS) is 33.1. The molecule has 5 N–H and O–H groups in total. The number of hydrogen-bond acceptors (Lipinski definition) is 9. The van der Waals surface area contributed by atoms with Crippen LogP contribution in [0.4, 0.5) is 0 Å². The van der Waals surface area contributed by atoms with Crippen LogP contribution in [0.15, 0.2) is 22.4 Å². The number of ether oxygens (including phenoxy) is 2. The summed E-state index contributed by atoms with van der Waals surface area (Å²) in [4.78, 5) is 14.2. The van der Waals surface area contributed by atoms with Gasteiger partial charge >= 0.3 is 0 Å². The number of rotatable bonds is 9. The van der Waals surface area contributed by atoms with Crippen molar-refractivity contribution in [3.05, 3.63) is 22.4 Å². The standard InChI is InChI=1S/C23H37ClN4O4S2/c1-3-32-19-11-15(16(24)12-18(19)31-2)21(29)27-22(30)28-23-26-17-5-4-14(10-20(17)34-23)33-13-6-8-25-9-7-13/h12-16,19,22-23,25-26,28,30H,3-11H2,1-2H3,(H,27,29). The van der Waals surface area contributed by atoms with Crippen LogP contribution in [0.5, 0.6) is 0 Å². The molecule has 1 amide bonds. The average molecular weight is 533 g/mol. The second kappa shape index (κ2) is 12.6. The van der Waals surface area contributed by atoms with E-state index in [1.807, 2.05) is 6.92 Å². The van der Waals surface area contributed by atoms with E-state index in [1.165, 1.54) is 29.9 Å². The first-order valence-electron chi connectivity index (χ1n) is 12.2. The Morgan fingerprint density at radius 3 is 2.88 bits per heavy atom. The molecule has 6 unspecified atom stereocenters. The van der Waals surface area contributed by atoms with E-state index in [1.54, 1.807) is 24.9 Å². The van der Waals surface area contributed by atoms with Gasteiger partial charge < -0.3 is 30.5 Å². The highest BCUT2D eigenvalue weighted by Gasteiger charge is 2.37. The van der Waals surface area contributed by atoms with Crippen molar-refractivity contribution in [1.82, 2.24) is 21.3 Å². The van der Waals surface area contributed by atoms with Gasteiger partial charge in [0.15, 0.2) is 6.35 Å². The number of piperidine rings is 1. The van der Waals surface area contributed by atoms with Gasteiger partial charge in [0.2, 0.25) is 5.91 Å². The number of aliphatic hydroxyl groups excluding tert-OH is 1. The van der Waals surface area contributed by atoms with Crippen molar-refractivity contribution in [2.24, 2.45) is 5.92 Å². The van der Waals surface area contributed by atoms with E-state index in [-0.39, 0.29) is 17.5 Å². The third-order valence-electron chi connectivity index (χ3n) is 6.72. The van der Waals surface area contributed by atoms with Gasteiger partial charge in [-0.15, -0.1) is 11.6 Å². The van der Waals surface area contributed by atoms with Crippen molar-refractivity contribution in [1.29, 1.82) is 0 Å². The summed E-state index contributed by atoms with van der Waals surface area (Å²) in [5.74, 6) is -0.184. The number of amides is 1. The zero-order valence-electron chi connectivity index (χ0n) is 19.8. The van der Waals surface area contributed by atoms with Gasteiger partial charge in [0.25, 0.3) is 0 Å². The fraction of sp³-hybridized carbons (Fsp3) is 0.783. The highest BCUT2D eigenvalue weighted by molar-refractivity contribution is 8.04. The van der Waals surface area contributed by atoms with Crippen LogP contribution in [-0.4, -0.2) is 71.7 Å². The third-order valence-corrected chi connectivity index (χ3v) is 9.99. The highest BCUT2D eigenvalue weighted by Crippen LogP contribution is 2.43. The summed E-state index contributed by atoms with van der Waals surface area (Å²) in [5.41, 5.74) is 1.10. The second-order valence-electron chi connectivity index (χ2n) is 9.08. The van der Waals surface area contributed by atoms with E-state index in [9.17, 15) is 9.90 Å². The quantitative estimate of drug-likeness (QED) is 0.226. The van der Waals surface area contributed by atoms with Gasteiger partial charge in [-0.2, -0.15) is 11.8 Å². The number of hydrogen-bond donors (Lipinski definition) is 5. The largest absolute Gasteiger partial charge is 0.499 e. The van der Waals surface area contributed by atoms with Gasteiger partial charge in [-0.3, -0.25) is 4.79 Å². The molecule has 1 fully saturated rings. The molecule has 192 valence electrons. The van der Waals surface area contributed by atoms with E-state index < -0.39 is 17.6 Å². The summed E-state index contributed by atoms with van der Waals surface area (Å²) in [6.45, 7) is 4.67. The Hall–Kier alpha value is -0.620. The van der Waals surface area contributed by atoms with Crippen LogP contribution in [0.25, 0.3) is 0 Å². The van der Waals surface area contributed by atoms with Crippen molar-refractivity contribution >= 4 is 41.0 Å². The van der Waals surface area contributed by atoms with Gasteiger partial charge in [-0.1, -0.05) is 11.8 Å². The molecule has 8 nitrogen and oxygen atoms in total. The molecular formula is C23H37ClN4O4S2. The second-order valence-corrected chi connectivity index (χ2v) is 12.4. The fourth-order valence-corrected chi connectivity index (χ4v) is 8.26. The summed E-state index contributed by atoms with van der Waals surface area (Å²) in [6.07, 6.45) is 6.44. The van der Waals surface area contributed by atoms with Crippen LogP contribution in [0.1, 0.15) is 45.4 Å². The molecule has 2 aliphatic heterocycles. The summed E-state index contributed by atoms with van der Waals surface area (Å²) < 4.78 is 11.1. The van der Waals surface area contributed by atoms with Crippen molar-refractivity contribution in [3.8, 4) is 0 Å². The van der Waals surface area contributed by atoms with Crippen LogP contribution in [0.3, 0.4) is 0 Å². The fourth-order valence-electron chi connectivity index (χ4n) is 4.96. The predicted octanol–water partition coefficient (Wildman–Crippen LogP) is 2.40. The van der Waals surface area contributed by atoms with E-state index >= 15 is 0 Å². The molecule has 4 rings (SSSR count). The summed E-state index contributed by atoms with van der Waals surface area (Å²) >= 11 is 10.3. The summed E-state index contributed by atoms with van der Waals surface area (Å²) in [6, 6.07) is 0. The van der Waals surface area contributed by atoms with Crippen molar-refractivity contribution < 1.29 is 19.4 Å². The van der Waals surface area contributed by atoms with Gasteiger partial charge in [-0.05, 0) is 64.6 Å². The molecule has 2 heterocycles. The topological polar surface area (TPSA) is 104 Å². The smallest absolute Gasteiger partial charge is 0.228 e. The molecule has 0 spiro atoms. The molecular weight excluding hydrogens is 496 g/mol. The molecule has 4 aliphatic rings. The lowest BCUT2D eigenvalue weighted by Crippen LogP contribution is -2.54. The Balaban J connectivity index is 1.23. The van der Waals surface area contributed by atoms with E-state index in [2.05, 4.69) is 33.0 Å². The number of halogens is 1. The molecule has 0 aromatic carbocycles. The van der Waals surface area contributed by atoms with Gasteiger partial charge in [0.05, 0.1) is 18.4 Å². The van der Waals surface area contributed by atoms with E-state index in [4.69, 9.17) is 21.1 Å². The molecule has 0 aromatic rings. The number of methoxy groups -OCH3 is 1. The predicted molar refractivity (Wildman–Crippen MR) is 138 cm³/mol. The van der Waals surface area contributed by atoms with E-state index in [0.29, 0.717) is 24.0 Å². The monoisotopic (exact) mass is 532 g/mol. The van der Waals surface area contributed by atoms with Crippen LogP contribution in [0.2, 0.25) is 0 Å². The lowest BCUT2D eigenvalue weighted by molar-refractivity contribution is -0.130. The van der Waals surface area contributed by atoms with Gasteiger partial charge in [-0.25, -0.2) is 5.32 Å². The molecule has 0 saturated carbocycles. The number of alkyl halides is 1. The minimum absolute atomic E-state index is 0.169. The van der Waals surface area contributed by atoms with Crippen molar-refractivity contribution in [2.75, 3.05) is 26.8 Å². The van der Waals surface area contributed by atoms with Crippen LogP contribution in [0, 0.1) is 5.92 Å². The number of carbonyl (C=O) groups is 1. The maximum absolute atomic E-state index is 12.9. The first-order valence-corrected chi connectivity index (χ1v) is 14.5. The van der Waals surface area contributed by atoms with E-state index in [0.717, 1.165) is 31.2 Å². The Kier molecular flexibility index (Phi) is 9.77. The van der Waals surface area contributed by atoms with Crippen molar-refractivity contribution in [2.45, 2.75) is 79.3 Å². The number of aliphatic hydroxyl groups is 1. The zero-order valence-corrected chi connectivity index (χ0v) is 22.2. The number of thioether (sulfide) groups is 2. The Bertz CT molecular complexity index is 780. The van der Waals surface area contributed by atoms with Gasteiger partial charge in [0, 0.05) is 27.7 Å². The first-order chi connectivity index (χ1) is 16.5. The molecule has 1 saturated heterocycles. The maximum Gasteiger partial charge on any atom is 0.228 e. The molecule has 11 heteroatoms. The Morgan fingerprint density at radius 1 is 1.35 bits per heavy atom. The molecule has 0 radical (unpaired) electrons. The summed E-state index contributed by atoms with van der Waals surface area (Å²) in [7, 11) is 1.57. The SMILES string of the molecule is CCOC1CC(C(=O)NC(O)NC2NC3=C(CC(SC4CCNCC4)CC3)S2)C(Cl)C=C1OC. The molecule has 0 bridgehead atoms. The van der Waals surface area contributed by atoms with Crippen molar-refractivity contribution in [3.63, 3.8) is 0 Å². The Morgan fingerprint density at radius 2 is 2.15 bits per heavy atom. The highest BCUT2D eigenvalue weighted by atomic mass is 35.5. The number of nitrogens with one attached hydrogen (secondary N) is 4. The Labute approximate surface area is 215 Å². The number of carbonyl (C=O) groups excluding carboxylic acids is 1. The minimum atomic E-state index is -1.18. The maximum atomic E-state index is 12.9. The molecule has 2 aliphatic carbocycles. The average Bonchev–Trinajstić information content (AvgIpc) is 3.21. The minimum Gasteiger partial charge on any atom is -0.499 e. The number of allylic oxidation sites excluding steroid dienone is 3. The lowest BCUT2D eigenvalue weighted by Gasteiger charge is -2.31. The molecule has 34 heavy (non-hydrogen) atoms. The zero-order chi connectivity index (χ0) is 24.1. The molecule has 6 atom stereocenters. The van der Waals surface area contributed by atoms with Gasteiger partial charge in [0.1, 0.15) is 17.4 Å². The first kappa shape index (κ1) is 26.4. The third kappa shape index (κ3) is 6.78. The summed E-state index contributed by atoms with van der Waals surface area (Å²) in [5, 5.41) is 24.1.